The highest BCUT2D eigenvalue weighted by Crippen LogP contribution is 2.58. The zero-order chi connectivity index (χ0) is 74.8. The summed E-state index contributed by atoms with van der Waals surface area (Å²) in [5.74, 6) is 1.44. The van der Waals surface area contributed by atoms with Crippen LogP contribution in [0.3, 0.4) is 0 Å². The van der Waals surface area contributed by atoms with Crippen LogP contribution in [0.15, 0.2) is 24.3 Å². The largest absolute Gasteiger partial charge is 0.465 e. The Bertz CT molecular complexity index is 3000. The topological polar surface area (TPSA) is 413 Å². The van der Waals surface area contributed by atoms with Crippen molar-refractivity contribution in [2.75, 3.05) is 110 Å². The van der Waals surface area contributed by atoms with Gasteiger partial charge in [0.15, 0.2) is 5.41 Å². The van der Waals surface area contributed by atoms with Crippen LogP contribution in [0, 0.1) is 86.3 Å². The number of thiazole rings is 1. The van der Waals surface area contributed by atoms with Gasteiger partial charge in [-0.3, -0.25) is 38.4 Å². The number of hydrogen-bond acceptors (Lipinski definition) is 27. The highest BCUT2D eigenvalue weighted by atomic mass is 32.1. The van der Waals surface area contributed by atoms with Crippen LogP contribution in [-0.2, 0) is 62.0 Å². The van der Waals surface area contributed by atoms with Crippen molar-refractivity contribution in [3.05, 3.63) is 30.0 Å². The molecule has 4 unspecified atom stereocenters. The molecule has 11 N–H and O–H groups in total. The normalized spacial score (nSPS) is 27.6. The van der Waals surface area contributed by atoms with E-state index in [1.165, 1.54) is 47.6 Å². The zero-order valence-corrected chi connectivity index (χ0v) is 61.9. The van der Waals surface area contributed by atoms with E-state index >= 15 is 0 Å². The van der Waals surface area contributed by atoms with Crippen molar-refractivity contribution in [1.29, 1.82) is 0 Å². The van der Waals surface area contributed by atoms with Crippen molar-refractivity contribution in [2.24, 2.45) is 85.1 Å². The first-order valence-electron chi connectivity index (χ1n) is 35.5. The predicted molar refractivity (Wildman–Crippen MR) is 375 cm³/mol. The van der Waals surface area contributed by atoms with E-state index in [4.69, 9.17) is 69.9 Å². The Morgan fingerprint density at radius 3 is 1.24 bits per heavy atom. The average Bonchev–Trinajstić information content (AvgIpc) is 1.58. The van der Waals surface area contributed by atoms with Crippen molar-refractivity contribution in [2.45, 2.75) is 166 Å². The molecule has 8 aliphatic rings. The molecule has 27 heteroatoms. The number of methoxy groups -OCH3 is 1. The monoisotopic (exact) mass is 1430 g/mol. The number of Topliss-reactive ketones (excluding diaryl/α,β-unsaturated/α-hetero) is 4. The molecule has 1 aromatic carbocycles. The van der Waals surface area contributed by atoms with Gasteiger partial charge in [0.05, 0.1) is 93.6 Å². The first-order valence-corrected chi connectivity index (χ1v) is 36.3. The molecule has 8 fully saturated rings. The van der Waals surface area contributed by atoms with Gasteiger partial charge in [0.25, 0.3) is 0 Å². The molecule has 0 saturated heterocycles. The van der Waals surface area contributed by atoms with Crippen molar-refractivity contribution in [3.63, 3.8) is 0 Å². The molecule has 0 spiro atoms. The van der Waals surface area contributed by atoms with Gasteiger partial charge in [-0.2, -0.15) is 4.98 Å². The number of para-hydroxylation sites is 1. The molecule has 2 aromatic heterocycles. The first kappa shape index (κ1) is 84.6. The molecule has 8 aliphatic carbocycles. The van der Waals surface area contributed by atoms with Crippen molar-refractivity contribution in [1.82, 2.24) is 15.0 Å². The Labute approximate surface area is 592 Å². The molecule has 8 saturated carbocycles. The molecular weight excluding hydrogens is 1310 g/mol. The number of ketones is 4. The minimum Gasteiger partial charge on any atom is -0.465 e. The lowest BCUT2D eigenvalue weighted by molar-refractivity contribution is -0.156. The lowest BCUT2D eigenvalue weighted by Gasteiger charge is -2.15. The zero-order valence-electron chi connectivity index (χ0n) is 61.1. The summed E-state index contributed by atoms with van der Waals surface area (Å²) >= 11 is 1.64. The van der Waals surface area contributed by atoms with Crippen LogP contribution >= 0.6 is 11.3 Å². The Hall–Kier alpha value is -6.01. The van der Waals surface area contributed by atoms with Crippen LogP contribution in [0.4, 0.5) is 11.8 Å². The fraction of sp³-hybridized carbons (Fsp3) is 0.740. The van der Waals surface area contributed by atoms with E-state index in [9.17, 15) is 48.6 Å². The second-order valence-electron chi connectivity index (χ2n) is 28.1. The average molecular weight is 1430 g/mol. The molecule has 0 aliphatic heterocycles. The number of carbonyl (C=O) groups is 8. The number of benzene rings is 1. The quantitative estimate of drug-likeness (QED) is 0.0189. The van der Waals surface area contributed by atoms with Crippen LogP contribution < -0.4 is 16.4 Å². The molecule has 2 heterocycles. The van der Waals surface area contributed by atoms with E-state index in [1.54, 1.807) is 39.0 Å². The summed E-state index contributed by atoms with van der Waals surface area (Å²) in [5, 5.41) is 70.9. The number of aromatic nitrogens is 3. The number of aryl methyl sites for hydroxylation is 1. The Kier molecular flexibility index (Phi) is 31.3. The van der Waals surface area contributed by atoms with E-state index in [1.807, 2.05) is 39.0 Å². The molecule has 3 aromatic rings. The van der Waals surface area contributed by atoms with E-state index in [2.05, 4.69) is 23.6 Å². The van der Waals surface area contributed by atoms with Gasteiger partial charge >= 0.3 is 23.9 Å². The van der Waals surface area contributed by atoms with Gasteiger partial charge < -0.3 is 75.8 Å². The third-order valence-electron chi connectivity index (χ3n) is 21.9. The number of anilines is 2. The number of nitrogens with one attached hydrogen (secondary N) is 2. The Morgan fingerprint density at radius 2 is 0.920 bits per heavy atom. The summed E-state index contributed by atoms with van der Waals surface area (Å²) in [5.41, 5.74) is 3.89. The van der Waals surface area contributed by atoms with E-state index < -0.39 is 33.6 Å². The molecule has 11 rings (SSSR count). The smallest absolute Gasteiger partial charge is 0.322 e. The third-order valence-corrected chi connectivity index (χ3v) is 22.9. The molecule has 11 atom stereocenters. The fourth-order valence-electron chi connectivity index (χ4n) is 13.6. The van der Waals surface area contributed by atoms with Crippen LogP contribution in [0.25, 0.3) is 20.8 Å². The van der Waals surface area contributed by atoms with Gasteiger partial charge in [-0.05, 0) is 168 Å². The van der Waals surface area contributed by atoms with E-state index in [0.717, 1.165) is 83.3 Å². The summed E-state index contributed by atoms with van der Waals surface area (Å²) in [6.45, 7) is 24.5. The maximum absolute atomic E-state index is 11.5. The van der Waals surface area contributed by atoms with Crippen LogP contribution in [0.2, 0.25) is 0 Å². The van der Waals surface area contributed by atoms with Gasteiger partial charge in [-0.15, -0.1) is 11.3 Å². The lowest BCUT2D eigenvalue weighted by Crippen LogP contribution is -2.30. The van der Waals surface area contributed by atoms with Gasteiger partial charge in [-0.1, -0.05) is 52.2 Å². The maximum Gasteiger partial charge on any atom is 0.322 e. The molecule has 0 bridgehead atoms. The summed E-state index contributed by atoms with van der Waals surface area (Å²) in [7, 11) is 1.49. The minimum atomic E-state index is -1.02. The van der Waals surface area contributed by atoms with Crippen molar-refractivity contribution < 1.29 is 97.8 Å². The van der Waals surface area contributed by atoms with E-state index in [-0.39, 0.29) is 134 Å². The van der Waals surface area contributed by atoms with E-state index in [0.29, 0.717) is 76.4 Å². The number of hydrogen-bond donors (Lipinski definition) is 10. The second-order valence-corrected chi connectivity index (χ2v) is 29.1. The highest BCUT2D eigenvalue weighted by molar-refractivity contribution is 7.21. The Balaban J connectivity index is 0.000000222. The van der Waals surface area contributed by atoms with Crippen LogP contribution in [-0.4, -0.2) is 203 Å². The summed E-state index contributed by atoms with van der Waals surface area (Å²) in [4.78, 5) is 105. The number of esters is 4. The Morgan fingerprint density at radius 1 is 0.510 bits per heavy atom. The van der Waals surface area contributed by atoms with Crippen molar-refractivity contribution in [3.8, 4) is 10.6 Å². The minimum absolute atomic E-state index is 0.0115. The van der Waals surface area contributed by atoms with Crippen molar-refractivity contribution >= 4 is 80.3 Å². The molecule has 0 amide bonds. The third kappa shape index (κ3) is 19.2. The molecule has 562 valence electrons. The molecule has 100 heavy (non-hydrogen) atoms. The van der Waals surface area contributed by atoms with Crippen LogP contribution in [0.5, 0.6) is 0 Å². The first-order chi connectivity index (χ1) is 47.6. The predicted octanol–water partition coefficient (Wildman–Crippen LogP) is 6.40. The van der Waals surface area contributed by atoms with Gasteiger partial charge in [0.1, 0.15) is 50.2 Å². The number of rotatable bonds is 31. The highest BCUT2D eigenvalue weighted by Gasteiger charge is 2.67. The molecular formula is C73H114N6O20S. The number of ether oxygens (including phenoxy) is 5. The summed E-state index contributed by atoms with van der Waals surface area (Å²) in [6.07, 6.45) is 10.0. The molecule has 26 nitrogen and oxygen atoms in total. The lowest BCUT2D eigenvalue weighted by atomic mass is 9.98. The number of aliphatic hydroxyl groups excluding tert-OH is 7. The van der Waals surface area contributed by atoms with Gasteiger partial charge in [-0.25, -0.2) is 9.97 Å². The number of fused-ring (bicyclic) bond motifs is 1. The summed E-state index contributed by atoms with van der Waals surface area (Å²) < 4.78 is 25.5. The van der Waals surface area contributed by atoms with Crippen LogP contribution in [0.1, 0.15) is 159 Å². The summed E-state index contributed by atoms with van der Waals surface area (Å²) in [6, 6.07) is 8.11. The SMILES string of the molecule is CCOC(=O)C1(C(C)=O)C[C@H]1CC.CCOC(=O)C1(C(C)=O)C[C@H]1CC.CCOC(=O)C1(C(C)=O)C[C@H]1CO.CCOC(=O)C1(C(C)=O)C[C@H]1OC.CC[C@@H]1CC1(CO)CO.Cc1nc(NCC2CC2)nc(NC[C@@H]2CC2(CO)CO)c1-c1nc2ccccc2s1.NC[C@@H]1CC1(CO)CO. The number of nitrogens with two attached hydrogens (primary N) is 1. The standard InChI is InChI=1S/C22H27N5O2S.2C10H16O3.2C9H14O4.C7H14O2.C6H13NO2/c1-13-18(20-26-16-4-2-3-5-17(16)30-20)19(23-10-15-8-22(15,11-28)12-29)27-21(25-13)24-9-14-6-7-14;2*1-4-8-6-10(8,7(3)11)9(12)13-5-2;1-4-13-8(11)9(6(2)10)5-7(9)12-3;1-3-13-8(12)9(6(2)11)4-7(9)5-10;1-2-6-3-7(6,4-8)5-9;7-2-5-1-6(5,3-8)4-9/h2-5,14-15,28-29H,6-12H2,1H3,(H2,23,24,25,27);2*8H,4-6H2,1-3H3;7H,4-5H2,1-3H3;7,10H,3-5H2,1-2H3;6,8-9H,2-5H2,1H3;5,8-9H,1-4,7H2/t15-;2*8-,10?;2*7-,9?;6-;5-/m0111010/s1. The maximum atomic E-state index is 11.5. The number of aliphatic hydroxyl groups is 7. The second kappa shape index (κ2) is 36.9. The number of carbonyl (C=O) groups excluding carboxylic acids is 8. The van der Waals surface area contributed by atoms with Gasteiger partial charge in [0.2, 0.25) is 5.95 Å². The van der Waals surface area contributed by atoms with Gasteiger partial charge in [0, 0.05) is 55.4 Å². The fourth-order valence-corrected chi connectivity index (χ4v) is 14.6. The number of nitrogens with zero attached hydrogens (tertiary/aromatic N) is 3. The molecule has 0 radical (unpaired) electrons.